The highest BCUT2D eigenvalue weighted by molar-refractivity contribution is 5.28. The minimum absolute atomic E-state index is 0.114. The highest BCUT2D eigenvalue weighted by Gasteiger charge is 2.06. The van der Waals surface area contributed by atoms with Crippen LogP contribution in [-0.2, 0) is 0 Å². The van der Waals surface area contributed by atoms with Gasteiger partial charge in [0.1, 0.15) is 11.6 Å². The van der Waals surface area contributed by atoms with Gasteiger partial charge in [-0.05, 0) is 57.3 Å². The third kappa shape index (κ3) is 6.58. The highest BCUT2D eigenvalue weighted by atomic mass is 19.1. The van der Waals surface area contributed by atoms with E-state index in [1.165, 1.54) is 6.07 Å². The predicted octanol–water partition coefficient (Wildman–Crippen LogP) is 3.93. The molecular formula is C16H26FNO. The fraction of sp³-hybridized carbons (Fsp3) is 0.625. The number of hydrogen-bond donors (Lipinski definition) is 1. The number of halogens is 1. The number of ether oxygens (including phenoxy) is 1. The van der Waals surface area contributed by atoms with Crippen molar-refractivity contribution in [2.24, 2.45) is 5.92 Å². The van der Waals surface area contributed by atoms with Crippen LogP contribution < -0.4 is 10.1 Å². The Morgan fingerprint density at radius 2 is 2.00 bits per heavy atom. The molecule has 1 aromatic carbocycles. The van der Waals surface area contributed by atoms with E-state index in [0.29, 0.717) is 17.2 Å². The monoisotopic (exact) mass is 267 g/mol. The molecule has 0 saturated heterocycles. The Balaban J connectivity index is 2.23. The molecule has 1 rings (SSSR count). The SMILES string of the molecule is Cc1ccc(OC(C)CCCNCC(C)C)cc1F. The van der Waals surface area contributed by atoms with Gasteiger partial charge in [0, 0.05) is 6.07 Å². The second-order valence-corrected chi connectivity index (χ2v) is 5.58. The van der Waals surface area contributed by atoms with Gasteiger partial charge < -0.3 is 10.1 Å². The summed E-state index contributed by atoms with van der Waals surface area (Å²) in [7, 11) is 0. The predicted molar refractivity (Wildman–Crippen MR) is 78.2 cm³/mol. The van der Waals surface area contributed by atoms with Gasteiger partial charge in [-0.2, -0.15) is 0 Å². The van der Waals surface area contributed by atoms with Crippen LogP contribution in [0, 0.1) is 18.7 Å². The minimum Gasteiger partial charge on any atom is -0.491 e. The summed E-state index contributed by atoms with van der Waals surface area (Å²) < 4.78 is 19.1. The molecule has 0 amide bonds. The van der Waals surface area contributed by atoms with E-state index in [4.69, 9.17) is 4.74 Å². The summed E-state index contributed by atoms with van der Waals surface area (Å²) in [5, 5.41) is 3.41. The Morgan fingerprint density at radius 3 is 2.63 bits per heavy atom. The molecule has 1 aromatic rings. The van der Waals surface area contributed by atoms with Crippen molar-refractivity contribution in [2.75, 3.05) is 13.1 Å². The molecule has 0 fully saturated rings. The quantitative estimate of drug-likeness (QED) is 0.721. The summed E-state index contributed by atoms with van der Waals surface area (Å²) >= 11 is 0. The summed E-state index contributed by atoms with van der Waals surface area (Å²) in [5.74, 6) is 1.10. The van der Waals surface area contributed by atoms with Crippen LogP contribution in [0.5, 0.6) is 5.75 Å². The van der Waals surface area contributed by atoms with Crippen molar-refractivity contribution >= 4 is 0 Å². The summed E-state index contributed by atoms with van der Waals surface area (Å²) in [6, 6.07) is 5.04. The molecule has 0 aromatic heterocycles. The maximum absolute atomic E-state index is 13.4. The molecule has 108 valence electrons. The number of aryl methyl sites for hydroxylation is 1. The molecule has 2 nitrogen and oxygen atoms in total. The van der Waals surface area contributed by atoms with Crippen LogP contribution in [0.2, 0.25) is 0 Å². The largest absolute Gasteiger partial charge is 0.491 e. The van der Waals surface area contributed by atoms with Crippen LogP contribution in [0.15, 0.2) is 18.2 Å². The second-order valence-electron chi connectivity index (χ2n) is 5.58. The Morgan fingerprint density at radius 1 is 1.26 bits per heavy atom. The average molecular weight is 267 g/mol. The van der Waals surface area contributed by atoms with Crippen LogP contribution >= 0.6 is 0 Å². The van der Waals surface area contributed by atoms with Crippen molar-refractivity contribution < 1.29 is 9.13 Å². The molecule has 1 N–H and O–H groups in total. The molecular weight excluding hydrogens is 241 g/mol. The molecule has 19 heavy (non-hydrogen) atoms. The van der Waals surface area contributed by atoms with Crippen molar-refractivity contribution in [3.05, 3.63) is 29.6 Å². The van der Waals surface area contributed by atoms with Crippen molar-refractivity contribution in [3.8, 4) is 5.75 Å². The van der Waals surface area contributed by atoms with Crippen LogP contribution in [-0.4, -0.2) is 19.2 Å². The zero-order valence-electron chi connectivity index (χ0n) is 12.5. The first-order valence-electron chi connectivity index (χ1n) is 7.12. The van der Waals surface area contributed by atoms with Crippen molar-refractivity contribution in [1.82, 2.24) is 5.32 Å². The van der Waals surface area contributed by atoms with Crippen molar-refractivity contribution in [1.29, 1.82) is 0 Å². The summed E-state index contributed by atoms with van der Waals surface area (Å²) in [4.78, 5) is 0. The molecule has 0 saturated carbocycles. The lowest BCUT2D eigenvalue weighted by Gasteiger charge is -2.15. The van der Waals surface area contributed by atoms with Crippen LogP contribution in [0.4, 0.5) is 4.39 Å². The van der Waals surface area contributed by atoms with Crippen LogP contribution in [0.1, 0.15) is 39.2 Å². The van der Waals surface area contributed by atoms with E-state index in [0.717, 1.165) is 25.9 Å². The lowest BCUT2D eigenvalue weighted by Crippen LogP contribution is -2.22. The van der Waals surface area contributed by atoms with Gasteiger partial charge in [0.15, 0.2) is 0 Å². The Labute approximate surface area is 116 Å². The molecule has 0 radical (unpaired) electrons. The van der Waals surface area contributed by atoms with E-state index >= 15 is 0 Å². The van der Waals surface area contributed by atoms with Gasteiger partial charge in [0.05, 0.1) is 6.10 Å². The van der Waals surface area contributed by atoms with Gasteiger partial charge in [-0.1, -0.05) is 19.9 Å². The molecule has 1 atom stereocenters. The van der Waals surface area contributed by atoms with E-state index in [-0.39, 0.29) is 11.9 Å². The van der Waals surface area contributed by atoms with Crippen molar-refractivity contribution in [2.45, 2.75) is 46.6 Å². The van der Waals surface area contributed by atoms with Gasteiger partial charge in [0.2, 0.25) is 0 Å². The summed E-state index contributed by atoms with van der Waals surface area (Å²) in [5.41, 5.74) is 0.651. The standard InChI is InChI=1S/C16H26FNO/c1-12(2)11-18-9-5-6-14(4)19-15-8-7-13(3)16(17)10-15/h7-8,10,12,14,18H,5-6,9,11H2,1-4H3. The fourth-order valence-corrected chi connectivity index (χ4v) is 1.84. The Hall–Kier alpha value is -1.09. The first-order chi connectivity index (χ1) is 8.99. The van der Waals surface area contributed by atoms with Gasteiger partial charge in [-0.25, -0.2) is 4.39 Å². The highest BCUT2D eigenvalue weighted by Crippen LogP contribution is 2.18. The van der Waals surface area contributed by atoms with Gasteiger partial charge in [-0.3, -0.25) is 0 Å². The smallest absolute Gasteiger partial charge is 0.129 e. The number of hydrogen-bond acceptors (Lipinski definition) is 2. The Bertz CT molecular complexity index is 379. The molecule has 0 heterocycles. The Kier molecular flexibility index (Phi) is 6.85. The maximum Gasteiger partial charge on any atom is 0.129 e. The molecule has 3 heteroatoms. The van der Waals surface area contributed by atoms with E-state index in [1.54, 1.807) is 13.0 Å². The van der Waals surface area contributed by atoms with E-state index < -0.39 is 0 Å². The second kappa shape index (κ2) is 8.16. The number of nitrogens with one attached hydrogen (secondary N) is 1. The molecule has 0 aliphatic heterocycles. The average Bonchev–Trinajstić information content (AvgIpc) is 2.33. The zero-order chi connectivity index (χ0) is 14.3. The summed E-state index contributed by atoms with van der Waals surface area (Å²) in [6.45, 7) is 10.2. The first kappa shape index (κ1) is 16.0. The van der Waals surface area contributed by atoms with E-state index in [1.807, 2.05) is 13.0 Å². The van der Waals surface area contributed by atoms with Crippen LogP contribution in [0.25, 0.3) is 0 Å². The van der Waals surface area contributed by atoms with Crippen molar-refractivity contribution in [3.63, 3.8) is 0 Å². The fourth-order valence-electron chi connectivity index (χ4n) is 1.84. The van der Waals surface area contributed by atoms with Gasteiger partial charge >= 0.3 is 0 Å². The van der Waals surface area contributed by atoms with Gasteiger partial charge in [0.25, 0.3) is 0 Å². The normalized spacial score (nSPS) is 12.7. The molecule has 0 spiro atoms. The van der Waals surface area contributed by atoms with E-state index in [9.17, 15) is 4.39 Å². The van der Waals surface area contributed by atoms with Crippen LogP contribution in [0.3, 0.4) is 0 Å². The van der Waals surface area contributed by atoms with Gasteiger partial charge in [-0.15, -0.1) is 0 Å². The third-order valence-electron chi connectivity index (χ3n) is 3.00. The molecule has 1 unspecified atom stereocenters. The minimum atomic E-state index is -0.205. The topological polar surface area (TPSA) is 21.3 Å². The lowest BCUT2D eigenvalue weighted by molar-refractivity contribution is 0.206. The lowest BCUT2D eigenvalue weighted by atomic mass is 10.2. The molecule has 0 bridgehead atoms. The molecule has 0 aliphatic carbocycles. The maximum atomic E-state index is 13.4. The number of benzene rings is 1. The first-order valence-corrected chi connectivity index (χ1v) is 7.12. The van der Waals surface area contributed by atoms with E-state index in [2.05, 4.69) is 19.2 Å². The molecule has 0 aliphatic rings. The zero-order valence-corrected chi connectivity index (χ0v) is 12.5. The number of rotatable bonds is 8. The third-order valence-corrected chi connectivity index (χ3v) is 3.00. The summed E-state index contributed by atoms with van der Waals surface area (Å²) in [6.07, 6.45) is 2.16.